The predicted molar refractivity (Wildman–Crippen MR) is 64.4 cm³/mol. The van der Waals surface area contributed by atoms with Gasteiger partial charge < -0.3 is 19.7 Å². The van der Waals surface area contributed by atoms with Gasteiger partial charge in [0.2, 0.25) is 0 Å². The van der Waals surface area contributed by atoms with Crippen molar-refractivity contribution in [3.8, 4) is 0 Å². The van der Waals surface area contributed by atoms with Gasteiger partial charge in [0.15, 0.2) is 0 Å². The Morgan fingerprint density at radius 3 is 1.00 bits per heavy atom. The highest BCUT2D eigenvalue weighted by Gasteiger charge is 1.67. The molecular weight excluding hydrogens is 208 g/mol. The molecule has 0 heterocycles. The molecular formula is C12H22O4. The zero-order valence-electron chi connectivity index (χ0n) is 10.0. The molecule has 0 spiro atoms. The maximum atomic E-state index is 7.94. The molecule has 1 rings (SSSR count). The number of hydrogen-bond donors (Lipinski definition) is 2. The topological polar surface area (TPSA) is 58.9 Å². The van der Waals surface area contributed by atoms with Crippen molar-refractivity contribution in [3.63, 3.8) is 0 Å². The zero-order valence-corrected chi connectivity index (χ0v) is 10.0. The third-order valence-corrected chi connectivity index (χ3v) is 1.26. The van der Waals surface area contributed by atoms with Gasteiger partial charge in [-0.1, -0.05) is 36.4 Å². The third-order valence-electron chi connectivity index (χ3n) is 1.26. The first-order valence-electron chi connectivity index (χ1n) is 5.03. The molecule has 0 bridgehead atoms. The lowest BCUT2D eigenvalue weighted by Crippen LogP contribution is -1.91. The maximum Gasteiger partial charge on any atom is 0.0693 e. The highest BCUT2D eigenvalue weighted by molar-refractivity contribution is 4.99. The number of methoxy groups -OCH3 is 2. The summed E-state index contributed by atoms with van der Waals surface area (Å²) >= 11 is 0. The lowest BCUT2D eigenvalue weighted by Gasteiger charge is -1.84. The van der Waals surface area contributed by atoms with Gasteiger partial charge in [-0.2, -0.15) is 0 Å². The third kappa shape index (κ3) is 23.1. The van der Waals surface area contributed by atoms with Gasteiger partial charge in [0, 0.05) is 14.2 Å². The van der Waals surface area contributed by atoms with Crippen molar-refractivity contribution in [1.29, 1.82) is 0 Å². The van der Waals surface area contributed by atoms with Crippen LogP contribution >= 0.6 is 0 Å². The minimum Gasteiger partial charge on any atom is -0.394 e. The van der Waals surface area contributed by atoms with E-state index in [2.05, 4.69) is 9.47 Å². The fourth-order valence-corrected chi connectivity index (χ4v) is 0.567. The summed E-state index contributed by atoms with van der Waals surface area (Å²) in [6, 6.07) is 12.0. The van der Waals surface area contributed by atoms with Gasteiger partial charge in [-0.15, -0.1) is 0 Å². The quantitative estimate of drug-likeness (QED) is 0.808. The highest BCUT2D eigenvalue weighted by Crippen LogP contribution is 1.79. The summed E-state index contributed by atoms with van der Waals surface area (Å²) in [5, 5.41) is 15.9. The molecule has 0 aromatic heterocycles. The van der Waals surface area contributed by atoms with Gasteiger partial charge in [0.1, 0.15) is 0 Å². The van der Waals surface area contributed by atoms with Gasteiger partial charge in [-0.25, -0.2) is 0 Å². The molecule has 1 aromatic rings. The van der Waals surface area contributed by atoms with Gasteiger partial charge in [-0.05, 0) is 0 Å². The van der Waals surface area contributed by atoms with E-state index in [4.69, 9.17) is 10.2 Å². The average Bonchev–Trinajstić information content (AvgIpc) is 2.35. The van der Waals surface area contributed by atoms with Crippen molar-refractivity contribution in [2.75, 3.05) is 40.6 Å². The first-order valence-corrected chi connectivity index (χ1v) is 5.03. The molecule has 1 aromatic carbocycles. The number of ether oxygens (including phenoxy) is 2. The van der Waals surface area contributed by atoms with E-state index < -0.39 is 0 Å². The largest absolute Gasteiger partial charge is 0.394 e. The number of rotatable bonds is 4. The second-order valence-electron chi connectivity index (χ2n) is 2.59. The molecule has 0 atom stereocenters. The van der Waals surface area contributed by atoms with Crippen molar-refractivity contribution in [1.82, 2.24) is 0 Å². The lowest BCUT2D eigenvalue weighted by atomic mass is 10.4. The summed E-state index contributed by atoms with van der Waals surface area (Å²) < 4.78 is 8.88. The summed E-state index contributed by atoms with van der Waals surface area (Å²) in [7, 11) is 3.10. The van der Waals surface area contributed by atoms with E-state index in [1.54, 1.807) is 14.2 Å². The molecule has 2 N–H and O–H groups in total. The van der Waals surface area contributed by atoms with Gasteiger partial charge in [0.05, 0.1) is 26.4 Å². The van der Waals surface area contributed by atoms with Crippen LogP contribution in [0, 0.1) is 0 Å². The molecule has 0 aliphatic heterocycles. The van der Waals surface area contributed by atoms with E-state index >= 15 is 0 Å². The van der Waals surface area contributed by atoms with Crippen LogP contribution in [0.3, 0.4) is 0 Å². The Morgan fingerprint density at radius 1 is 0.688 bits per heavy atom. The molecule has 0 aliphatic rings. The van der Waals surface area contributed by atoms with E-state index in [1.165, 1.54) is 0 Å². The van der Waals surface area contributed by atoms with Gasteiger partial charge >= 0.3 is 0 Å². The molecule has 0 saturated carbocycles. The standard InChI is InChI=1S/C6H6.2C3H8O2/c1-2-4-6-5-3-1;2*1-5-3-2-4/h1-6H;2*4H,2-3H2,1H3. The molecule has 0 unspecified atom stereocenters. The minimum absolute atomic E-state index is 0.122. The second kappa shape index (κ2) is 19.6. The Balaban J connectivity index is 0. The van der Waals surface area contributed by atoms with Crippen molar-refractivity contribution in [3.05, 3.63) is 36.4 Å². The van der Waals surface area contributed by atoms with Crippen LogP contribution in [0.4, 0.5) is 0 Å². The predicted octanol–water partition coefficient (Wildman–Crippen LogP) is 0.937. The van der Waals surface area contributed by atoms with Crippen LogP contribution in [0.1, 0.15) is 0 Å². The Labute approximate surface area is 97.4 Å². The summed E-state index contributed by atoms with van der Waals surface area (Å²) in [5.41, 5.74) is 0. The number of hydrogen-bond acceptors (Lipinski definition) is 4. The summed E-state index contributed by atoms with van der Waals surface area (Å²) in [6.07, 6.45) is 0. The Kier molecular flexibility index (Phi) is 21.4. The molecule has 4 nitrogen and oxygen atoms in total. The maximum absolute atomic E-state index is 7.94. The van der Waals surface area contributed by atoms with Crippen LogP contribution in [0.5, 0.6) is 0 Å². The average molecular weight is 230 g/mol. The Morgan fingerprint density at radius 2 is 0.938 bits per heavy atom. The van der Waals surface area contributed by atoms with Gasteiger partial charge in [-0.3, -0.25) is 0 Å². The molecule has 0 saturated heterocycles. The fourth-order valence-electron chi connectivity index (χ4n) is 0.567. The van der Waals surface area contributed by atoms with E-state index in [-0.39, 0.29) is 13.2 Å². The van der Waals surface area contributed by atoms with Crippen LogP contribution < -0.4 is 0 Å². The SMILES string of the molecule is COCCO.COCCO.c1ccccc1. The van der Waals surface area contributed by atoms with Crippen LogP contribution in [0.2, 0.25) is 0 Å². The summed E-state index contributed by atoms with van der Waals surface area (Å²) in [6.45, 7) is 1.13. The lowest BCUT2D eigenvalue weighted by molar-refractivity contribution is 0.135. The van der Waals surface area contributed by atoms with Crippen molar-refractivity contribution in [2.24, 2.45) is 0 Å². The molecule has 0 radical (unpaired) electrons. The van der Waals surface area contributed by atoms with E-state index in [1.807, 2.05) is 36.4 Å². The Hall–Kier alpha value is -0.940. The van der Waals surface area contributed by atoms with E-state index in [0.717, 1.165) is 0 Å². The number of aliphatic hydroxyl groups excluding tert-OH is 2. The van der Waals surface area contributed by atoms with E-state index in [9.17, 15) is 0 Å². The van der Waals surface area contributed by atoms with Crippen molar-refractivity contribution >= 4 is 0 Å². The minimum atomic E-state index is 0.122. The fraction of sp³-hybridized carbons (Fsp3) is 0.500. The number of benzene rings is 1. The zero-order chi connectivity index (χ0) is 12.5. The van der Waals surface area contributed by atoms with Crippen LogP contribution in [-0.2, 0) is 9.47 Å². The van der Waals surface area contributed by atoms with Crippen molar-refractivity contribution < 1.29 is 19.7 Å². The monoisotopic (exact) mass is 230 g/mol. The van der Waals surface area contributed by atoms with Crippen LogP contribution in [0.15, 0.2) is 36.4 Å². The normalized spacial score (nSPS) is 8.25. The first kappa shape index (κ1) is 17.5. The second-order valence-corrected chi connectivity index (χ2v) is 2.59. The highest BCUT2D eigenvalue weighted by atomic mass is 16.5. The van der Waals surface area contributed by atoms with Crippen molar-refractivity contribution in [2.45, 2.75) is 0 Å². The summed E-state index contributed by atoms with van der Waals surface area (Å²) in [5.74, 6) is 0. The number of aliphatic hydroxyl groups is 2. The molecule has 4 heteroatoms. The molecule has 94 valence electrons. The molecule has 0 fully saturated rings. The molecule has 16 heavy (non-hydrogen) atoms. The smallest absolute Gasteiger partial charge is 0.0693 e. The van der Waals surface area contributed by atoms with Crippen LogP contribution in [-0.4, -0.2) is 50.9 Å². The molecule has 0 amide bonds. The van der Waals surface area contributed by atoms with E-state index in [0.29, 0.717) is 13.2 Å². The Bertz CT molecular complexity index is 143. The molecule has 0 aliphatic carbocycles. The first-order chi connectivity index (χ1) is 7.83. The van der Waals surface area contributed by atoms with Crippen LogP contribution in [0.25, 0.3) is 0 Å². The summed E-state index contributed by atoms with van der Waals surface area (Å²) in [4.78, 5) is 0. The van der Waals surface area contributed by atoms with Gasteiger partial charge in [0.25, 0.3) is 0 Å².